The van der Waals surface area contributed by atoms with Gasteiger partial charge in [-0.2, -0.15) is 0 Å². The molecule has 0 atom stereocenters. The minimum atomic E-state index is -0.387. The zero-order valence-corrected chi connectivity index (χ0v) is 28.8. The summed E-state index contributed by atoms with van der Waals surface area (Å²) < 4.78 is 2.29. The number of rotatable bonds is 4. The molecule has 0 amide bonds. The van der Waals surface area contributed by atoms with Gasteiger partial charge in [0.1, 0.15) is 0 Å². The van der Waals surface area contributed by atoms with Gasteiger partial charge in [-0.05, 0) is 110 Å². The maximum atomic E-state index is 2.46. The van der Waals surface area contributed by atoms with Crippen LogP contribution in [0.4, 0.5) is 17.1 Å². The van der Waals surface area contributed by atoms with Crippen LogP contribution in [0.1, 0.15) is 22.3 Å². The van der Waals surface area contributed by atoms with Gasteiger partial charge in [0, 0.05) is 45.9 Å². The van der Waals surface area contributed by atoms with Crippen LogP contribution in [0.5, 0.6) is 0 Å². The van der Waals surface area contributed by atoms with E-state index in [9.17, 15) is 0 Å². The Bertz CT molecular complexity index is 2800. The monoisotopic (exact) mass is 662 g/mol. The maximum Gasteiger partial charge on any atom is 0.0726 e. The van der Waals surface area contributed by atoms with Crippen LogP contribution in [0.25, 0.3) is 55.2 Å². The third-order valence-corrected chi connectivity index (χ3v) is 11.6. The number of hydrogen-bond acceptors (Lipinski definition) is 1. The first kappa shape index (κ1) is 29.1. The second kappa shape index (κ2) is 10.9. The Labute approximate surface area is 303 Å². The fourth-order valence-electron chi connectivity index (χ4n) is 9.40. The summed E-state index contributed by atoms with van der Waals surface area (Å²) in [7, 11) is 2.15. The van der Waals surface area contributed by atoms with Crippen LogP contribution >= 0.6 is 0 Å². The second-order valence-corrected chi connectivity index (χ2v) is 14.1. The van der Waals surface area contributed by atoms with E-state index in [1.165, 1.54) is 77.4 Å². The molecule has 2 aliphatic carbocycles. The minimum Gasteiger partial charge on any atom is -0.344 e. The van der Waals surface area contributed by atoms with Crippen molar-refractivity contribution < 1.29 is 0 Å². The highest BCUT2D eigenvalue weighted by atomic mass is 15.1. The highest BCUT2D eigenvalue weighted by Crippen LogP contribution is 2.63. The predicted molar refractivity (Wildman–Crippen MR) is 217 cm³/mol. The summed E-state index contributed by atoms with van der Waals surface area (Å²) in [5.41, 5.74) is 18.6. The third kappa shape index (κ3) is 3.89. The van der Waals surface area contributed by atoms with Gasteiger partial charge in [0.05, 0.1) is 5.41 Å². The number of para-hydroxylation sites is 2. The normalized spacial score (nSPS) is 13.2. The molecule has 0 fully saturated rings. The van der Waals surface area contributed by atoms with Crippen molar-refractivity contribution in [2.75, 3.05) is 4.90 Å². The molecule has 11 rings (SSSR count). The van der Waals surface area contributed by atoms with Crippen molar-refractivity contribution in [1.82, 2.24) is 4.57 Å². The molecular weight excluding hydrogens is 629 g/mol. The van der Waals surface area contributed by atoms with Crippen LogP contribution in [-0.4, -0.2) is 4.57 Å². The topological polar surface area (TPSA) is 8.17 Å². The third-order valence-electron chi connectivity index (χ3n) is 11.6. The highest BCUT2D eigenvalue weighted by molar-refractivity contribution is 6.09. The van der Waals surface area contributed by atoms with Gasteiger partial charge >= 0.3 is 0 Å². The van der Waals surface area contributed by atoms with Crippen molar-refractivity contribution in [1.29, 1.82) is 0 Å². The zero-order valence-electron chi connectivity index (χ0n) is 28.8. The molecule has 2 heteroatoms. The van der Waals surface area contributed by atoms with Crippen molar-refractivity contribution in [3.63, 3.8) is 0 Å². The van der Waals surface area contributed by atoms with Crippen molar-refractivity contribution in [2.24, 2.45) is 7.05 Å². The molecule has 8 aromatic carbocycles. The van der Waals surface area contributed by atoms with E-state index in [2.05, 4.69) is 205 Å². The Hall–Kier alpha value is -6.64. The Morgan fingerprint density at radius 3 is 1.54 bits per heavy atom. The standard InChI is InChI=1S/C50H34N2/c1-51-48-22-12-8-18-42(48)43-31-34(25-30-49(43)51)33-23-26-36(27-24-33)52(35-13-3-2-4-14-35)37-28-29-41-40-17-7-11-21-46(40)50(47(41)32-37)44-19-9-5-15-38(44)39-16-6-10-20-45(39)50/h2-32H,1H3. The van der Waals surface area contributed by atoms with Gasteiger partial charge < -0.3 is 9.47 Å². The zero-order chi connectivity index (χ0) is 34.4. The smallest absolute Gasteiger partial charge is 0.0726 e. The molecule has 9 aromatic rings. The van der Waals surface area contributed by atoms with Gasteiger partial charge in [-0.15, -0.1) is 0 Å². The van der Waals surface area contributed by atoms with Crippen LogP contribution in [0.2, 0.25) is 0 Å². The number of benzene rings is 8. The molecule has 1 heterocycles. The van der Waals surface area contributed by atoms with E-state index in [1.807, 2.05) is 0 Å². The summed E-state index contributed by atoms with van der Waals surface area (Å²) in [5, 5.41) is 2.58. The fraction of sp³-hybridized carbons (Fsp3) is 0.0400. The van der Waals surface area contributed by atoms with Crippen LogP contribution in [0.3, 0.4) is 0 Å². The molecular formula is C50H34N2. The highest BCUT2D eigenvalue weighted by Gasteiger charge is 2.51. The number of aromatic nitrogens is 1. The average molecular weight is 663 g/mol. The first-order valence-electron chi connectivity index (χ1n) is 18.1. The maximum absolute atomic E-state index is 2.46. The molecule has 0 bridgehead atoms. The molecule has 0 N–H and O–H groups in total. The molecule has 244 valence electrons. The van der Waals surface area contributed by atoms with Crippen LogP contribution in [0.15, 0.2) is 188 Å². The van der Waals surface area contributed by atoms with Gasteiger partial charge in [-0.25, -0.2) is 0 Å². The largest absolute Gasteiger partial charge is 0.344 e. The van der Waals surface area contributed by atoms with Crippen LogP contribution in [-0.2, 0) is 12.5 Å². The molecule has 52 heavy (non-hydrogen) atoms. The van der Waals surface area contributed by atoms with E-state index in [4.69, 9.17) is 0 Å². The number of hydrogen-bond donors (Lipinski definition) is 0. The number of aryl methyl sites for hydroxylation is 1. The predicted octanol–water partition coefficient (Wildman–Crippen LogP) is 12.8. The fourth-order valence-corrected chi connectivity index (χ4v) is 9.40. The van der Waals surface area contributed by atoms with Crippen molar-refractivity contribution >= 4 is 38.9 Å². The lowest BCUT2D eigenvalue weighted by Crippen LogP contribution is -2.26. The van der Waals surface area contributed by atoms with Crippen LogP contribution in [0, 0.1) is 0 Å². The summed E-state index contributed by atoms with van der Waals surface area (Å²) in [6.45, 7) is 0. The number of fused-ring (bicyclic) bond motifs is 13. The summed E-state index contributed by atoms with van der Waals surface area (Å²) in [6, 6.07) is 69.5. The summed E-state index contributed by atoms with van der Waals surface area (Å²) in [5.74, 6) is 0. The van der Waals surface area contributed by atoms with E-state index in [0.29, 0.717) is 0 Å². The van der Waals surface area contributed by atoms with Crippen molar-refractivity contribution in [3.8, 4) is 33.4 Å². The Balaban J connectivity index is 1.08. The summed E-state index contributed by atoms with van der Waals surface area (Å²) in [4.78, 5) is 2.40. The van der Waals surface area contributed by atoms with Crippen LogP contribution < -0.4 is 4.90 Å². The SMILES string of the molecule is Cn1c2ccccc2c2cc(-c3ccc(N(c4ccccc4)c4ccc5c(c4)C4(c6ccccc6-c6ccccc64)c4ccccc4-5)cc3)ccc21. The number of nitrogens with zero attached hydrogens (tertiary/aromatic N) is 2. The first-order valence-corrected chi connectivity index (χ1v) is 18.1. The Morgan fingerprint density at radius 1 is 0.365 bits per heavy atom. The van der Waals surface area contributed by atoms with Gasteiger partial charge in [-0.3, -0.25) is 0 Å². The van der Waals surface area contributed by atoms with Gasteiger partial charge in [0.2, 0.25) is 0 Å². The lowest BCUT2D eigenvalue weighted by atomic mass is 9.70. The lowest BCUT2D eigenvalue weighted by molar-refractivity contribution is 0.793. The molecule has 1 spiro atoms. The van der Waals surface area contributed by atoms with Gasteiger partial charge in [-0.1, -0.05) is 133 Å². The van der Waals surface area contributed by atoms with E-state index in [-0.39, 0.29) is 5.41 Å². The number of anilines is 3. The summed E-state index contributed by atoms with van der Waals surface area (Å²) in [6.07, 6.45) is 0. The Kier molecular flexibility index (Phi) is 6.12. The van der Waals surface area contributed by atoms with Crippen molar-refractivity contribution in [2.45, 2.75) is 5.41 Å². The first-order chi connectivity index (χ1) is 25.7. The second-order valence-electron chi connectivity index (χ2n) is 14.1. The minimum absolute atomic E-state index is 0.387. The molecule has 0 saturated heterocycles. The van der Waals surface area contributed by atoms with Gasteiger partial charge in [0.15, 0.2) is 0 Å². The molecule has 0 unspecified atom stereocenters. The molecule has 2 aliphatic rings. The average Bonchev–Trinajstić information content (AvgIpc) is 3.79. The molecule has 0 saturated carbocycles. The Morgan fingerprint density at radius 2 is 0.865 bits per heavy atom. The molecule has 0 aliphatic heterocycles. The van der Waals surface area contributed by atoms with E-state index < -0.39 is 0 Å². The van der Waals surface area contributed by atoms with Crippen molar-refractivity contribution in [3.05, 3.63) is 210 Å². The van der Waals surface area contributed by atoms with E-state index >= 15 is 0 Å². The summed E-state index contributed by atoms with van der Waals surface area (Å²) >= 11 is 0. The molecule has 2 nitrogen and oxygen atoms in total. The van der Waals surface area contributed by atoms with E-state index in [1.54, 1.807) is 0 Å². The van der Waals surface area contributed by atoms with Gasteiger partial charge in [0.25, 0.3) is 0 Å². The van der Waals surface area contributed by atoms with E-state index in [0.717, 1.165) is 17.1 Å². The molecule has 0 radical (unpaired) electrons. The molecule has 1 aromatic heterocycles. The lowest BCUT2D eigenvalue weighted by Gasteiger charge is -2.32. The quantitative estimate of drug-likeness (QED) is 0.182.